The highest BCUT2D eigenvalue weighted by Crippen LogP contribution is 2.50. The molecule has 3 aromatic rings. The topological polar surface area (TPSA) is 94.7 Å². The van der Waals surface area contributed by atoms with Crippen LogP contribution in [0.5, 0.6) is 0 Å². The first kappa shape index (κ1) is 39.9. The summed E-state index contributed by atoms with van der Waals surface area (Å²) >= 11 is 0. The van der Waals surface area contributed by atoms with Crippen LogP contribution in [-0.2, 0) is 30.9 Å². The third kappa shape index (κ3) is 7.69. The summed E-state index contributed by atoms with van der Waals surface area (Å²) in [6.07, 6.45) is 1.18. The largest absolute Gasteiger partial charge is 0.443 e. The summed E-state index contributed by atoms with van der Waals surface area (Å²) in [7, 11) is 0. The molecule has 58 heavy (non-hydrogen) atoms. The number of carbonyl (C=O) groups excluding carboxylic acids is 3. The van der Waals surface area contributed by atoms with Crippen LogP contribution in [0.1, 0.15) is 64.0 Å². The molecule has 0 aliphatic carbocycles. The average Bonchev–Trinajstić information content (AvgIpc) is 3.61. The van der Waals surface area contributed by atoms with Crippen molar-refractivity contribution in [3.05, 3.63) is 83.2 Å². The lowest BCUT2D eigenvalue weighted by atomic mass is 9.73. The number of hydrogen-bond acceptors (Lipinski definition) is 7. The molecule has 1 N–H and O–H groups in total. The number of amides is 3. The van der Waals surface area contributed by atoms with Gasteiger partial charge in [-0.05, 0) is 118 Å². The quantitative estimate of drug-likeness (QED) is 0.255. The number of nitrogens with one attached hydrogen (secondary N) is 1. The zero-order chi connectivity index (χ0) is 41.1. The van der Waals surface area contributed by atoms with Gasteiger partial charge < -0.3 is 29.5 Å². The van der Waals surface area contributed by atoms with Crippen LogP contribution < -0.4 is 24.9 Å². The van der Waals surface area contributed by atoms with Gasteiger partial charge in [0.25, 0.3) is 5.92 Å². The first-order valence-corrected chi connectivity index (χ1v) is 20.0. The van der Waals surface area contributed by atoms with Gasteiger partial charge >= 0.3 is 6.09 Å². The number of ether oxygens (including phenoxy) is 2. The lowest BCUT2D eigenvalue weighted by Gasteiger charge is -2.42. The van der Waals surface area contributed by atoms with Crippen molar-refractivity contribution in [2.45, 2.75) is 88.3 Å². The van der Waals surface area contributed by atoms with E-state index in [1.54, 1.807) is 31.7 Å². The molecule has 310 valence electrons. The molecule has 2 atom stereocenters. The summed E-state index contributed by atoms with van der Waals surface area (Å²) in [5.41, 5.74) is 1.31. The fourth-order valence-electron chi connectivity index (χ4n) is 9.48. The summed E-state index contributed by atoms with van der Waals surface area (Å²) in [5.74, 6) is -6.11. The third-order valence-electron chi connectivity index (χ3n) is 12.3. The van der Waals surface area contributed by atoms with Gasteiger partial charge in [0.1, 0.15) is 18.0 Å². The first-order chi connectivity index (χ1) is 27.5. The maximum Gasteiger partial charge on any atom is 0.414 e. The van der Waals surface area contributed by atoms with Crippen molar-refractivity contribution >= 4 is 40.7 Å². The monoisotopic (exact) mass is 809 g/mol. The summed E-state index contributed by atoms with van der Waals surface area (Å²) < 4.78 is 83.6. The summed E-state index contributed by atoms with van der Waals surface area (Å²) in [6, 6.07) is 12.2. The predicted octanol–water partition coefficient (Wildman–Crippen LogP) is 7.11. The molecule has 0 radical (unpaired) electrons. The lowest BCUT2D eigenvalue weighted by Crippen LogP contribution is -2.52. The first-order valence-electron chi connectivity index (χ1n) is 20.0. The number of benzene rings is 3. The van der Waals surface area contributed by atoms with Gasteiger partial charge in [-0.2, -0.15) is 0 Å². The van der Waals surface area contributed by atoms with Crippen molar-refractivity contribution < 1.29 is 45.8 Å². The fourth-order valence-corrected chi connectivity index (χ4v) is 9.48. The highest BCUT2D eigenvalue weighted by atomic mass is 19.3. The lowest BCUT2D eigenvalue weighted by molar-refractivity contribution is -0.127. The van der Waals surface area contributed by atoms with Gasteiger partial charge in [-0.25, -0.2) is 26.7 Å². The maximum atomic E-state index is 14.9. The normalized spacial score (nSPS) is 21.8. The Kier molecular flexibility index (Phi) is 10.3. The number of rotatable bonds is 7. The number of anilines is 4. The Morgan fingerprint density at radius 3 is 2.36 bits per heavy atom. The minimum atomic E-state index is -2.93. The molecule has 0 unspecified atom stereocenters. The predicted molar refractivity (Wildman–Crippen MR) is 208 cm³/mol. The molecule has 3 fully saturated rings. The Labute approximate surface area is 334 Å². The van der Waals surface area contributed by atoms with Gasteiger partial charge in [-0.1, -0.05) is 6.07 Å². The molecular formula is C43H48F5N5O5. The number of halogens is 5. The van der Waals surface area contributed by atoms with Crippen molar-refractivity contribution in [3.63, 3.8) is 0 Å². The maximum absolute atomic E-state index is 14.9. The molecule has 0 bridgehead atoms. The van der Waals surface area contributed by atoms with E-state index in [2.05, 4.69) is 10.2 Å². The zero-order valence-electron chi connectivity index (χ0n) is 32.8. The summed E-state index contributed by atoms with van der Waals surface area (Å²) in [5, 5.41) is 3.08. The fraction of sp³-hybridized carbons (Fsp3) is 0.512. The van der Waals surface area contributed by atoms with Crippen molar-refractivity contribution in [2.75, 3.05) is 65.5 Å². The van der Waals surface area contributed by atoms with Gasteiger partial charge in [-0.3, -0.25) is 14.5 Å². The van der Waals surface area contributed by atoms with Crippen molar-refractivity contribution in [1.82, 2.24) is 5.32 Å². The second-order valence-electron chi connectivity index (χ2n) is 17.3. The van der Waals surface area contributed by atoms with Crippen LogP contribution in [0.2, 0.25) is 0 Å². The van der Waals surface area contributed by atoms with E-state index in [-0.39, 0.29) is 37.8 Å². The molecule has 10 nitrogen and oxygen atoms in total. The second-order valence-corrected chi connectivity index (χ2v) is 17.3. The Bertz CT molecular complexity index is 2100. The number of carbonyl (C=O) groups is 3. The van der Waals surface area contributed by atoms with Crippen LogP contribution in [0.3, 0.4) is 0 Å². The summed E-state index contributed by atoms with van der Waals surface area (Å²) in [6.45, 7) is 6.28. The molecule has 3 amide bonds. The van der Waals surface area contributed by atoms with E-state index in [4.69, 9.17) is 9.47 Å². The smallest absolute Gasteiger partial charge is 0.414 e. The molecule has 5 heterocycles. The van der Waals surface area contributed by atoms with E-state index in [0.29, 0.717) is 80.2 Å². The molecule has 0 aromatic heterocycles. The minimum Gasteiger partial charge on any atom is -0.443 e. The molecular weight excluding hydrogens is 761 g/mol. The third-order valence-corrected chi connectivity index (χ3v) is 12.3. The molecule has 5 aliphatic rings. The Morgan fingerprint density at radius 1 is 0.931 bits per heavy atom. The molecule has 3 aromatic carbocycles. The average molecular weight is 810 g/mol. The SMILES string of the molecule is CC(C)(C)OC(=O)N1C[C@@H]2CC(F)(F)CN2c2cc(N3CCC4(CC3)C(=O)N(CC(=O)N[C@@H](Cc3ccc(F)c(F)c3)C3CCOCC3)c3ccc(F)cc34)ccc21. The van der Waals surface area contributed by atoms with Crippen molar-refractivity contribution in [2.24, 2.45) is 5.92 Å². The van der Waals surface area contributed by atoms with Crippen LogP contribution in [0.25, 0.3) is 0 Å². The van der Waals surface area contributed by atoms with Crippen LogP contribution >= 0.6 is 0 Å². The van der Waals surface area contributed by atoms with E-state index >= 15 is 0 Å². The number of nitrogens with zero attached hydrogens (tertiary/aromatic N) is 4. The Morgan fingerprint density at radius 2 is 1.66 bits per heavy atom. The van der Waals surface area contributed by atoms with E-state index in [1.165, 1.54) is 34.1 Å². The van der Waals surface area contributed by atoms with Crippen molar-refractivity contribution in [3.8, 4) is 0 Å². The highest BCUT2D eigenvalue weighted by molar-refractivity contribution is 6.11. The van der Waals surface area contributed by atoms with Gasteiger partial charge in [-0.15, -0.1) is 0 Å². The number of piperidine rings is 1. The number of fused-ring (bicyclic) bond motifs is 5. The Balaban J connectivity index is 1.01. The number of alkyl halides is 2. The van der Waals surface area contributed by atoms with E-state index in [0.717, 1.165) is 17.8 Å². The van der Waals surface area contributed by atoms with Gasteiger partial charge in [0.2, 0.25) is 11.8 Å². The standard InChI is InChI=1S/C43H48F5N5O5/c1-41(2,3)58-40(56)52-23-30-22-43(47,48)25-53(30)37-21-29(6-9-36(37)52)50-14-12-42(13-15-50)31-20-28(44)5-8-35(31)51(39(42)55)24-38(54)49-34(27-10-16-57-17-11-27)19-26-4-7-32(45)33(46)18-26/h4-9,18,20-21,27,30,34H,10-17,19,22-25H2,1-3H3,(H,49,54)/t30-,34-/m0/s1. The van der Waals surface area contributed by atoms with E-state index in [9.17, 15) is 36.3 Å². The highest BCUT2D eigenvalue weighted by Gasteiger charge is 2.53. The van der Waals surface area contributed by atoms with E-state index < -0.39 is 65.0 Å². The molecule has 1 spiro atoms. The summed E-state index contributed by atoms with van der Waals surface area (Å²) in [4.78, 5) is 48.2. The van der Waals surface area contributed by atoms with Gasteiger partial charge in [0.15, 0.2) is 11.6 Å². The molecule has 0 saturated carbocycles. The minimum absolute atomic E-state index is 0.00830. The van der Waals surface area contributed by atoms with Crippen LogP contribution in [0, 0.1) is 23.4 Å². The zero-order valence-corrected chi connectivity index (χ0v) is 32.8. The van der Waals surface area contributed by atoms with Gasteiger partial charge in [0, 0.05) is 56.7 Å². The van der Waals surface area contributed by atoms with Gasteiger partial charge in [0.05, 0.1) is 29.4 Å². The molecule has 15 heteroatoms. The van der Waals surface area contributed by atoms with Crippen LogP contribution in [0.15, 0.2) is 54.6 Å². The van der Waals surface area contributed by atoms with E-state index in [1.807, 2.05) is 12.1 Å². The Hall–Kier alpha value is -4.92. The molecule has 5 aliphatic heterocycles. The molecule has 3 saturated heterocycles. The number of hydrogen-bond donors (Lipinski definition) is 1. The van der Waals surface area contributed by atoms with Crippen LogP contribution in [-0.4, -0.2) is 87.5 Å². The molecule has 8 rings (SSSR count). The van der Waals surface area contributed by atoms with Crippen molar-refractivity contribution in [1.29, 1.82) is 0 Å². The second kappa shape index (κ2) is 15.0. The van der Waals surface area contributed by atoms with Crippen LogP contribution in [0.4, 0.5) is 49.5 Å².